The van der Waals surface area contributed by atoms with E-state index >= 15 is 0 Å². The highest BCUT2D eigenvalue weighted by Gasteiger charge is 2.51. The number of hydrogen-bond acceptors (Lipinski definition) is 4. The van der Waals surface area contributed by atoms with Crippen LogP contribution in [0.15, 0.2) is 18.2 Å². The Morgan fingerprint density at radius 1 is 1.07 bits per heavy atom. The zero-order valence-corrected chi connectivity index (χ0v) is 17.0. The van der Waals surface area contributed by atoms with Crippen LogP contribution in [-0.2, 0) is 9.31 Å². The SMILES string of the molecule is CC(C)Nc1cc(NC(=O)NCC(F)(F)F)cc(B2OC(C)(C)C(C)(C)O2)c1. The number of urea groups is 1. The van der Waals surface area contributed by atoms with E-state index in [4.69, 9.17) is 9.31 Å². The Morgan fingerprint density at radius 2 is 1.61 bits per heavy atom. The van der Waals surface area contributed by atoms with E-state index in [1.54, 1.807) is 17.4 Å². The average Bonchev–Trinajstić information content (AvgIpc) is 2.72. The van der Waals surface area contributed by atoms with Crippen LogP contribution in [-0.4, -0.2) is 43.1 Å². The number of nitrogens with one attached hydrogen (secondary N) is 3. The minimum Gasteiger partial charge on any atom is -0.399 e. The molecular formula is C18H27BF3N3O3. The molecule has 0 aliphatic carbocycles. The number of hydrogen-bond donors (Lipinski definition) is 3. The predicted molar refractivity (Wildman–Crippen MR) is 104 cm³/mol. The van der Waals surface area contributed by atoms with Gasteiger partial charge in [0.05, 0.1) is 11.2 Å². The molecule has 156 valence electrons. The summed E-state index contributed by atoms with van der Waals surface area (Å²) >= 11 is 0. The maximum Gasteiger partial charge on any atom is 0.494 e. The van der Waals surface area contributed by atoms with Gasteiger partial charge in [-0.05, 0) is 65.2 Å². The first kappa shape index (κ1) is 22.4. The first-order valence-corrected chi connectivity index (χ1v) is 9.07. The molecule has 0 spiro atoms. The minimum atomic E-state index is -4.48. The second-order valence-electron chi connectivity index (χ2n) is 8.15. The summed E-state index contributed by atoms with van der Waals surface area (Å²) in [4.78, 5) is 11.8. The molecule has 0 unspecified atom stereocenters. The lowest BCUT2D eigenvalue weighted by atomic mass is 9.78. The summed E-state index contributed by atoms with van der Waals surface area (Å²) in [7, 11) is -0.669. The number of carbonyl (C=O) groups excluding carboxylic acids is 1. The normalized spacial score (nSPS) is 18.3. The molecular weight excluding hydrogens is 374 g/mol. The molecule has 1 fully saturated rings. The predicted octanol–water partition coefficient (Wildman–Crippen LogP) is 3.49. The lowest BCUT2D eigenvalue weighted by Crippen LogP contribution is -2.41. The van der Waals surface area contributed by atoms with E-state index in [1.165, 1.54) is 0 Å². The van der Waals surface area contributed by atoms with Crippen molar-refractivity contribution in [3.8, 4) is 0 Å². The van der Waals surface area contributed by atoms with E-state index in [9.17, 15) is 18.0 Å². The number of alkyl halides is 3. The standard InChI is InChI=1S/C18H27BF3N3O3/c1-11(2)24-13-7-12(19-27-16(3,4)17(5,6)28-19)8-14(9-13)25-15(26)23-10-18(20,21)22/h7-9,11,24H,10H2,1-6H3,(H2,23,25,26). The van der Waals surface area contributed by atoms with Crippen LogP contribution in [0.5, 0.6) is 0 Å². The van der Waals surface area contributed by atoms with Gasteiger partial charge in [0.1, 0.15) is 6.54 Å². The topological polar surface area (TPSA) is 71.6 Å². The maximum atomic E-state index is 12.3. The lowest BCUT2D eigenvalue weighted by molar-refractivity contribution is -0.122. The molecule has 0 bridgehead atoms. The van der Waals surface area contributed by atoms with Crippen molar-refractivity contribution in [2.45, 2.75) is 65.0 Å². The second kappa shape index (κ2) is 7.83. The number of halogens is 3. The Labute approximate surface area is 163 Å². The number of benzene rings is 1. The van der Waals surface area contributed by atoms with E-state index < -0.39 is 37.1 Å². The summed E-state index contributed by atoms with van der Waals surface area (Å²) in [5.74, 6) is 0. The van der Waals surface area contributed by atoms with Gasteiger partial charge in [0.15, 0.2) is 0 Å². The monoisotopic (exact) mass is 401 g/mol. The van der Waals surface area contributed by atoms with Gasteiger partial charge in [0, 0.05) is 17.4 Å². The molecule has 0 saturated carbocycles. The quantitative estimate of drug-likeness (QED) is 0.661. The molecule has 1 aliphatic rings. The third-order valence-electron chi connectivity index (χ3n) is 4.64. The van der Waals surface area contributed by atoms with Crippen LogP contribution >= 0.6 is 0 Å². The van der Waals surface area contributed by atoms with Gasteiger partial charge in [0.2, 0.25) is 0 Å². The molecule has 0 atom stereocenters. The van der Waals surface area contributed by atoms with Crippen molar-refractivity contribution in [3.05, 3.63) is 18.2 Å². The van der Waals surface area contributed by atoms with E-state index in [0.717, 1.165) is 0 Å². The second-order valence-corrected chi connectivity index (χ2v) is 8.15. The van der Waals surface area contributed by atoms with Gasteiger partial charge in [-0.1, -0.05) is 0 Å². The van der Waals surface area contributed by atoms with Crippen molar-refractivity contribution >= 4 is 30.0 Å². The first-order valence-electron chi connectivity index (χ1n) is 9.07. The van der Waals surface area contributed by atoms with Crippen molar-refractivity contribution in [1.29, 1.82) is 0 Å². The average molecular weight is 401 g/mol. The molecule has 1 saturated heterocycles. The van der Waals surface area contributed by atoms with Gasteiger partial charge in [-0.25, -0.2) is 4.79 Å². The Bertz CT molecular complexity index is 708. The van der Waals surface area contributed by atoms with Gasteiger partial charge >= 0.3 is 19.3 Å². The van der Waals surface area contributed by atoms with Crippen LogP contribution < -0.4 is 21.4 Å². The van der Waals surface area contributed by atoms with Crippen molar-refractivity contribution in [2.75, 3.05) is 17.2 Å². The summed E-state index contributed by atoms with van der Waals surface area (Å²) < 4.78 is 48.9. The van der Waals surface area contributed by atoms with Crippen LogP contribution in [0.2, 0.25) is 0 Å². The third kappa shape index (κ3) is 5.78. The van der Waals surface area contributed by atoms with E-state index in [-0.39, 0.29) is 6.04 Å². The van der Waals surface area contributed by atoms with Crippen LogP contribution in [0.3, 0.4) is 0 Å². The summed E-state index contributed by atoms with van der Waals surface area (Å²) in [6.07, 6.45) is -4.48. The highest BCUT2D eigenvalue weighted by molar-refractivity contribution is 6.62. The first-order chi connectivity index (χ1) is 12.7. The fourth-order valence-corrected chi connectivity index (χ4v) is 2.61. The zero-order chi connectivity index (χ0) is 21.3. The molecule has 1 aromatic carbocycles. The largest absolute Gasteiger partial charge is 0.494 e. The third-order valence-corrected chi connectivity index (χ3v) is 4.64. The molecule has 2 rings (SSSR count). The molecule has 6 nitrogen and oxygen atoms in total. The highest BCUT2D eigenvalue weighted by Crippen LogP contribution is 2.36. The van der Waals surface area contributed by atoms with Crippen molar-refractivity contribution in [2.24, 2.45) is 0 Å². The van der Waals surface area contributed by atoms with Crippen LogP contribution in [0.4, 0.5) is 29.3 Å². The minimum absolute atomic E-state index is 0.112. The molecule has 1 aromatic rings. The fraction of sp³-hybridized carbons (Fsp3) is 0.611. The van der Waals surface area contributed by atoms with Gasteiger partial charge in [0.25, 0.3) is 0 Å². The Balaban J connectivity index is 2.24. The van der Waals surface area contributed by atoms with Gasteiger partial charge < -0.3 is 25.3 Å². The van der Waals surface area contributed by atoms with E-state index in [2.05, 4.69) is 10.6 Å². The smallest absolute Gasteiger partial charge is 0.399 e. The van der Waals surface area contributed by atoms with Gasteiger partial charge in [-0.2, -0.15) is 13.2 Å². The maximum absolute atomic E-state index is 12.3. The molecule has 10 heteroatoms. The van der Waals surface area contributed by atoms with Crippen LogP contribution in [0.1, 0.15) is 41.5 Å². The van der Waals surface area contributed by atoms with Crippen molar-refractivity contribution < 1.29 is 27.3 Å². The molecule has 0 aromatic heterocycles. The molecule has 1 heterocycles. The number of rotatable bonds is 5. The van der Waals surface area contributed by atoms with Crippen molar-refractivity contribution in [3.63, 3.8) is 0 Å². The summed E-state index contributed by atoms with van der Waals surface area (Å²) in [6, 6.07) is 4.27. The summed E-state index contributed by atoms with van der Waals surface area (Å²) in [6.45, 7) is 10.2. The number of anilines is 2. The number of carbonyl (C=O) groups is 1. The highest BCUT2D eigenvalue weighted by atomic mass is 19.4. The van der Waals surface area contributed by atoms with Crippen LogP contribution in [0.25, 0.3) is 0 Å². The fourth-order valence-electron chi connectivity index (χ4n) is 2.61. The zero-order valence-electron chi connectivity index (χ0n) is 17.0. The molecule has 3 N–H and O–H groups in total. The van der Waals surface area contributed by atoms with E-state index in [1.807, 2.05) is 47.6 Å². The van der Waals surface area contributed by atoms with Crippen LogP contribution in [0, 0.1) is 0 Å². The Morgan fingerprint density at radius 3 is 2.11 bits per heavy atom. The molecule has 1 aliphatic heterocycles. The molecule has 0 radical (unpaired) electrons. The summed E-state index contributed by atoms with van der Waals surface area (Å²) in [5.41, 5.74) is 0.576. The van der Waals surface area contributed by atoms with Gasteiger partial charge in [-0.3, -0.25) is 0 Å². The molecule has 28 heavy (non-hydrogen) atoms. The van der Waals surface area contributed by atoms with Crippen molar-refractivity contribution in [1.82, 2.24) is 5.32 Å². The van der Waals surface area contributed by atoms with Gasteiger partial charge in [-0.15, -0.1) is 0 Å². The Hall–Kier alpha value is -1.94. The lowest BCUT2D eigenvalue weighted by Gasteiger charge is -2.32. The summed E-state index contributed by atoms with van der Waals surface area (Å²) in [5, 5.41) is 7.44. The Kier molecular flexibility index (Phi) is 6.25. The molecule has 2 amide bonds. The van der Waals surface area contributed by atoms with E-state index in [0.29, 0.717) is 16.8 Å². The number of amides is 2.